The zero-order chi connectivity index (χ0) is 20.7. The largest absolute Gasteiger partial charge is 0.318 e. The number of fused-ring (bicyclic) bond motifs is 1. The molecule has 3 aromatic rings. The van der Waals surface area contributed by atoms with E-state index >= 15 is 0 Å². The molecule has 0 amide bonds. The number of aromatic nitrogens is 2. The van der Waals surface area contributed by atoms with Crippen LogP contribution in [0, 0.1) is 5.82 Å². The monoisotopic (exact) mass is 425 g/mol. The minimum absolute atomic E-state index is 0.225. The maximum atomic E-state index is 14.7. The average molecular weight is 425 g/mol. The molecule has 1 aliphatic heterocycles. The van der Waals surface area contributed by atoms with E-state index in [1.54, 1.807) is 18.2 Å². The lowest BCUT2D eigenvalue weighted by Crippen LogP contribution is -2.46. The van der Waals surface area contributed by atoms with E-state index in [0.29, 0.717) is 35.5 Å². The molecule has 0 unspecified atom stereocenters. The smallest absolute Gasteiger partial charge is 0.272 e. The van der Waals surface area contributed by atoms with E-state index in [9.17, 15) is 13.8 Å². The van der Waals surface area contributed by atoms with Crippen molar-refractivity contribution in [3.8, 4) is 0 Å². The highest BCUT2D eigenvalue weighted by molar-refractivity contribution is 7.71. The molecule has 1 aromatic heterocycles. The highest BCUT2D eigenvalue weighted by Crippen LogP contribution is 2.48. The number of H-pyrrole nitrogens is 1. The molecule has 156 valence electrons. The summed E-state index contributed by atoms with van der Waals surface area (Å²) in [5.41, 5.74) is 1.35. The summed E-state index contributed by atoms with van der Waals surface area (Å²) in [6.45, 7) is 1.58. The van der Waals surface area contributed by atoms with Crippen LogP contribution in [0.3, 0.4) is 0 Å². The lowest BCUT2D eigenvalue weighted by Gasteiger charge is -2.41. The Bertz CT molecular complexity index is 1190. The van der Waals surface area contributed by atoms with E-state index in [1.807, 2.05) is 18.2 Å². The van der Waals surface area contributed by atoms with Crippen molar-refractivity contribution in [2.24, 2.45) is 0 Å². The van der Waals surface area contributed by atoms with Gasteiger partial charge in [-0.2, -0.15) is 5.10 Å². The van der Waals surface area contributed by atoms with Gasteiger partial charge in [-0.25, -0.2) is 9.49 Å². The molecule has 2 aromatic carbocycles. The van der Waals surface area contributed by atoms with Gasteiger partial charge in [0.15, 0.2) is 0 Å². The molecule has 1 saturated carbocycles. The van der Waals surface area contributed by atoms with Crippen LogP contribution < -0.4 is 10.9 Å². The molecule has 30 heavy (non-hydrogen) atoms. The fourth-order valence-corrected chi connectivity index (χ4v) is 7.37. The van der Waals surface area contributed by atoms with Crippen LogP contribution in [0.5, 0.6) is 0 Å². The lowest BCUT2D eigenvalue weighted by atomic mass is 9.91. The van der Waals surface area contributed by atoms with Gasteiger partial charge in [0.2, 0.25) is 0 Å². The fraction of sp³-hybridized carbons (Fsp3) is 0.391. The first-order valence-electron chi connectivity index (χ1n) is 10.6. The molecule has 1 N–H and O–H groups in total. The minimum Gasteiger partial charge on any atom is -0.318 e. The Kier molecular flexibility index (Phi) is 5.08. The molecular weight excluding hydrogens is 400 g/mol. The molecule has 2 aliphatic rings. The number of halogens is 1. The summed E-state index contributed by atoms with van der Waals surface area (Å²) >= 11 is 0. The van der Waals surface area contributed by atoms with E-state index in [2.05, 4.69) is 15.1 Å². The van der Waals surface area contributed by atoms with E-state index in [1.165, 1.54) is 25.3 Å². The molecule has 0 atom stereocenters. The molecule has 2 heterocycles. The Morgan fingerprint density at radius 3 is 2.53 bits per heavy atom. The molecular formula is C23H25FN3O2P. The number of nitrogens with one attached hydrogen (secondary N) is 1. The van der Waals surface area contributed by atoms with Gasteiger partial charge in [0.1, 0.15) is 13.0 Å². The van der Waals surface area contributed by atoms with Crippen LogP contribution in [0.15, 0.2) is 47.3 Å². The van der Waals surface area contributed by atoms with Crippen molar-refractivity contribution in [1.29, 1.82) is 0 Å². The summed E-state index contributed by atoms with van der Waals surface area (Å²) < 4.78 is 28.4. The predicted octanol–water partition coefficient (Wildman–Crippen LogP) is 3.51. The fourth-order valence-electron chi connectivity index (χ4n) is 4.64. The molecule has 0 radical (unpaired) electrons. The second kappa shape index (κ2) is 7.75. The standard InChI is InChI=1S/C23H25FN3O2P/c24-20-9-8-16(14-21-18-6-1-2-7-19(18)23(28)26-25-21)15-22(20)30(29)12-10-27(11-13-30)17-4-3-5-17/h1-2,6-9,15,17H,3-5,10-14H2,(H,26,28). The molecule has 5 rings (SSSR count). The first-order valence-corrected chi connectivity index (χ1v) is 12.7. The first-order chi connectivity index (χ1) is 14.5. The molecule has 7 heteroatoms. The Morgan fingerprint density at radius 2 is 1.83 bits per heavy atom. The van der Waals surface area contributed by atoms with Gasteiger partial charge in [0.25, 0.3) is 5.56 Å². The van der Waals surface area contributed by atoms with Crippen LogP contribution >= 0.6 is 7.14 Å². The van der Waals surface area contributed by atoms with Crippen LogP contribution in [-0.4, -0.2) is 46.6 Å². The minimum atomic E-state index is -2.75. The van der Waals surface area contributed by atoms with Crippen LogP contribution in [0.25, 0.3) is 10.8 Å². The second-order valence-electron chi connectivity index (χ2n) is 8.46. The topological polar surface area (TPSA) is 66.1 Å². The van der Waals surface area contributed by atoms with E-state index in [0.717, 1.165) is 29.7 Å². The van der Waals surface area contributed by atoms with Gasteiger partial charge < -0.3 is 4.57 Å². The Labute approximate surface area is 174 Å². The summed E-state index contributed by atoms with van der Waals surface area (Å²) in [5, 5.41) is 8.51. The maximum Gasteiger partial charge on any atom is 0.272 e. The van der Waals surface area contributed by atoms with Gasteiger partial charge in [-0.05, 0) is 36.6 Å². The van der Waals surface area contributed by atoms with Gasteiger partial charge in [-0.15, -0.1) is 0 Å². The average Bonchev–Trinajstić information content (AvgIpc) is 2.72. The van der Waals surface area contributed by atoms with E-state index < -0.39 is 7.14 Å². The van der Waals surface area contributed by atoms with Gasteiger partial charge in [-0.3, -0.25) is 9.69 Å². The van der Waals surface area contributed by atoms with Gasteiger partial charge in [0, 0.05) is 48.6 Å². The normalized spacial score (nSPS) is 19.6. The summed E-state index contributed by atoms with van der Waals surface area (Å²) in [4.78, 5) is 14.5. The summed E-state index contributed by atoms with van der Waals surface area (Å²) in [6.07, 6.45) is 5.28. The Hall–Kier alpha value is -2.30. The maximum absolute atomic E-state index is 14.7. The number of hydrogen-bond donors (Lipinski definition) is 1. The van der Waals surface area contributed by atoms with Crippen LogP contribution in [-0.2, 0) is 11.0 Å². The van der Waals surface area contributed by atoms with Crippen molar-refractivity contribution in [2.45, 2.75) is 31.7 Å². The zero-order valence-corrected chi connectivity index (χ0v) is 17.7. The number of benzene rings is 2. The number of nitrogens with zero attached hydrogens (tertiary/aromatic N) is 2. The summed E-state index contributed by atoms with van der Waals surface area (Å²) in [7, 11) is -2.75. The summed E-state index contributed by atoms with van der Waals surface area (Å²) in [6, 6.07) is 12.9. The first kappa shape index (κ1) is 19.7. The third kappa shape index (κ3) is 3.52. The van der Waals surface area contributed by atoms with Crippen molar-refractivity contribution in [2.75, 3.05) is 25.4 Å². The number of rotatable bonds is 4. The molecule has 5 nitrogen and oxygen atoms in total. The van der Waals surface area contributed by atoms with Gasteiger partial charge in [0.05, 0.1) is 11.1 Å². The van der Waals surface area contributed by atoms with E-state index in [4.69, 9.17) is 0 Å². The van der Waals surface area contributed by atoms with Crippen molar-refractivity contribution in [3.05, 3.63) is 69.9 Å². The lowest BCUT2D eigenvalue weighted by molar-refractivity contribution is 0.138. The molecule has 0 bridgehead atoms. The van der Waals surface area contributed by atoms with Gasteiger partial charge >= 0.3 is 0 Å². The number of aromatic amines is 1. The SMILES string of the molecule is O=c1[nH]nc(Cc2ccc(F)c(P3(=O)CCN(C4CCC4)CC3)c2)c2ccccc12. The van der Waals surface area contributed by atoms with Crippen LogP contribution in [0.4, 0.5) is 4.39 Å². The van der Waals surface area contributed by atoms with E-state index in [-0.39, 0.29) is 11.4 Å². The molecule has 2 fully saturated rings. The van der Waals surface area contributed by atoms with Crippen molar-refractivity contribution >= 4 is 23.2 Å². The molecule has 0 spiro atoms. The summed E-state index contributed by atoms with van der Waals surface area (Å²) in [5.74, 6) is -0.376. The zero-order valence-electron chi connectivity index (χ0n) is 16.8. The molecule has 1 saturated heterocycles. The van der Waals surface area contributed by atoms with Crippen molar-refractivity contribution in [1.82, 2.24) is 15.1 Å². The highest BCUT2D eigenvalue weighted by atomic mass is 31.2. The Morgan fingerprint density at radius 1 is 1.10 bits per heavy atom. The number of hydrogen-bond acceptors (Lipinski definition) is 4. The highest BCUT2D eigenvalue weighted by Gasteiger charge is 2.36. The third-order valence-corrected chi connectivity index (χ3v) is 9.75. The quantitative estimate of drug-likeness (QED) is 0.650. The Balaban J connectivity index is 1.43. The van der Waals surface area contributed by atoms with Crippen molar-refractivity contribution in [3.63, 3.8) is 0 Å². The third-order valence-electron chi connectivity index (χ3n) is 6.68. The van der Waals surface area contributed by atoms with Gasteiger partial charge in [-0.1, -0.05) is 30.7 Å². The predicted molar refractivity (Wildman–Crippen MR) is 118 cm³/mol. The van der Waals surface area contributed by atoms with Crippen LogP contribution in [0.2, 0.25) is 0 Å². The molecule has 1 aliphatic carbocycles. The van der Waals surface area contributed by atoms with Crippen molar-refractivity contribution < 1.29 is 8.96 Å². The second-order valence-corrected chi connectivity index (χ2v) is 11.6. The van der Waals surface area contributed by atoms with Crippen LogP contribution in [0.1, 0.15) is 30.5 Å².